The molecule has 2 aromatic rings. The van der Waals surface area contributed by atoms with E-state index in [0.29, 0.717) is 16.8 Å². The lowest BCUT2D eigenvalue weighted by Gasteiger charge is -2.21. The van der Waals surface area contributed by atoms with E-state index in [0.717, 1.165) is 31.5 Å². The fourth-order valence-electron chi connectivity index (χ4n) is 3.13. The summed E-state index contributed by atoms with van der Waals surface area (Å²) in [7, 11) is 0. The molecule has 1 heterocycles. The molecule has 0 spiro atoms. The summed E-state index contributed by atoms with van der Waals surface area (Å²) in [5.41, 5.74) is 2.87. The highest BCUT2D eigenvalue weighted by Crippen LogP contribution is 2.20. The van der Waals surface area contributed by atoms with Crippen LogP contribution < -0.4 is 5.32 Å². The average molecular weight is 336 g/mol. The predicted molar refractivity (Wildman–Crippen MR) is 99.9 cm³/mol. The number of hydrogen-bond donors (Lipinski definition) is 1. The fraction of sp³-hybridized carbons (Fsp3) is 0.333. The summed E-state index contributed by atoms with van der Waals surface area (Å²) >= 11 is 0. The SMILES string of the molecule is Cc1ccc(C(=O)N2CCCCCC2)cc1NC(=O)c1ccccc1. The van der Waals surface area contributed by atoms with Gasteiger partial charge >= 0.3 is 0 Å². The average Bonchev–Trinajstić information content (AvgIpc) is 2.93. The lowest BCUT2D eigenvalue weighted by atomic mass is 10.1. The van der Waals surface area contributed by atoms with Crippen molar-refractivity contribution in [2.24, 2.45) is 0 Å². The van der Waals surface area contributed by atoms with Crippen molar-refractivity contribution in [2.75, 3.05) is 18.4 Å². The maximum atomic E-state index is 12.8. The molecule has 0 unspecified atom stereocenters. The third-order valence-corrected chi connectivity index (χ3v) is 4.66. The first kappa shape index (κ1) is 17.2. The first-order valence-corrected chi connectivity index (χ1v) is 8.91. The molecule has 0 bridgehead atoms. The Kier molecular flexibility index (Phi) is 5.49. The van der Waals surface area contributed by atoms with Gasteiger partial charge in [-0.1, -0.05) is 37.1 Å². The minimum atomic E-state index is -0.164. The molecule has 0 aliphatic carbocycles. The Labute approximate surface area is 148 Å². The summed E-state index contributed by atoms with van der Waals surface area (Å²) in [6, 6.07) is 14.6. The van der Waals surface area contributed by atoms with E-state index < -0.39 is 0 Å². The molecule has 25 heavy (non-hydrogen) atoms. The molecule has 0 aromatic heterocycles. The van der Waals surface area contributed by atoms with E-state index in [1.165, 1.54) is 12.8 Å². The Morgan fingerprint density at radius 1 is 0.880 bits per heavy atom. The number of aryl methyl sites for hydroxylation is 1. The molecule has 2 amide bonds. The van der Waals surface area contributed by atoms with Crippen LogP contribution in [-0.4, -0.2) is 29.8 Å². The van der Waals surface area contributed by atoms with Crippen molar-refractivity contribution in [3.05, 3.63) is 65.2 Å². The second-order valence-corrected chi connectivity index (χ2v) is 6.56. The summed E-state index contributed by atoms with van der Waals surface area (Å²) in [6.45, 7) is 3.57. The van der Waals surface area contributed by atoms with E-state index in [1.807, 2.05) is 42.2 Å². The number of benzene rings is 2. The summed E-state index contributed by atoms with van der Waals surface area (Å²) in [4.78, 5) is 27.1. The van der Waals surface area contributed by atoms with Crippen molar-refractivity contribution >= 4 is 17.5 Å². The zero-order chi connectivity index (χ0) is 17.6. The maximum Gasteiger partial charge on any atom is 0.255 e. The van der Waals surface area contributed by atoms with Crippen LogP contribution in [0.25, 0.3) is 0 Å². The second kappa shape index (κ2) is 7.97. The lowest BCUT2D eigenvalue weighted by Crippen LogP contribution is -2.31. The van der Waals surface area contributed by atoms with Gasteiger partial charge in [-0.2, -0.15) is 0 Å². The van der Waals surface area contributed by atoms with Crippen LogP contribution in [0.15, 0.2) is 48.5 Å². The van der Waals surface area contributed by atoms with E-state index in [-0.39, 0.29) is 11.8 Å². The van der Waals surface area contributed by atoms with Gasteiger partial charge in [0.2, 0.25) is 0 Å². The van der Waals surface area contributed by atoms with Crippen LogP contribution in [0.5, 0.6) is 0 Å². The van der Waals surface area contributed by atoms with Gasteiger partial charge in [0.1, 0.15) is 0 Å². The van der Waals surface area contributed by atoms with E-state index in [1.54, 1.807) is 18.2 Å². The molecular formula is C21H24N2O2. The van der Waals surface area contributed by atoms with Gasteiger partial charge in [-0.25, -0.2) is 0 Å². The van der Waals surface area contributed by atoms with Gasteiger partial charge < -0.3 is 10.2 Å². The fourth-order valence-corrected chi connectivity index (χ4v) is 3.13. The Morgan fingerprint density at radius 3 is 2.24 bits per heavy atom. The molecule has 1 aliphatic rings. The van der Waals surface area contributed by atoms with E-state index in [2.05, 4.69) is 5.32 Å². The summed E-state index contributed by atoms with van der Waals surface area (Å²) < 4.78 is 0. The molecule has 1 saturated heterocycles. The first-order chi connectivity index (χ1) is 12.1. The number of anilines is 1. The zero-order valence-corrected chi connectivity index (χ0v) is 14.6. The number of likely N-dealkylation sites (tertiary alicyclic amines) is 1. The van der Waals surface area contributed by atoms with Gasteiger partial charge in [0.15, 0.2) is 0 Å². The molecule has 2 aromatic carbocycles. The number of rotatable bonds is 3. The predicted octanol–water partition coefficient (Wildman–Crippen LogP) is 4.26. The minimum Gasteiger partial charge on any atom is -0.339 e. The molecule has 0 atom stereocenters. The smallest absolute Gasteiger partial charge is 0.255 e. The number of amides is 2. The third-order valence-electron chi connectivity index (χ3n) is 4.66. The van der Waals surface area contributed by atoms with Gasteiger partial charge in [0, 0.05) is 29.9 Å². The number of nitrogens with one attached hydrogen (secondary N) is 1. The molecule has 130 valence electrons. The highest BCUT2D eigenvalue weighted by atomic mass is 16.2. The van der Waals surface area contributed by atoms with Gasteiger partial charge in [0.25, 0.3) is 11.8 Å². The van der Waals surface area contributed by atoms with E-state index >= 15 is 0 Å². The second-order valence-electron chi connectivity index (χ2n) is 6.56. The van der Waals surface area contributed by atoms with Gasteiger partial charge in [-0.05, 0) is 49.6 Å². The Morgan fingerprint density at radius 2 is 1.56 bits per heavy atom. The number of nitrogens with zero attached hydrogens (tertiary/aromatic N) is 1. The maximum absolute atomic E-state index is 12.8. The van der Waals surface area contributed by atoms with Crippen LogP contribution >= 0.6 is 0 Å². The van der Waals surface area contributed by atoms with Crippen molar-refractivity contribution in [2.45, 2.75) is 32.6 Å². The largest absolute Gasteiger partial charge is 0.339 e. The normalized spacial score (nSPS) is 14.7. The van der Waals surface area contributed by atoms with Crippen LogP contribution in [0, 0.1) is 6.92 Å². The quantitative estimate of drug-likeness (QED) is 0.910. The van der Waals surface area contributed by atoms with Crippen LogP contribution in [0.3, 0.4) is 0 Å². The number of carbonyl (C=O) groups is 2. The third kappa shape index (κ3) is 4.27. The van der Waals surface area contributed by atoms with Crippen molar-refractivity contribution in [3.63, 3.8) is 0 Å². The van der Waals surface area contributed by atoms with E-state index in [4.69, 9.17) is 0 Å². The van der Waals surface area contributed by atoms with Crippen molar-refractivity contribution < 1.29 is 9.59 Å². The van der Waals surface area contributed by atoms with Crippen LogP contribution in [0.4, 0.5) is 5.69 Å². The van der Waals surface area contributed by atoms with Crippen LogP contribution in [0.2, 0.25) is 0 Å². The zero-order valence-electron chi connectivity index (χ0n) is 14.6. The van der Waals surface area contributed by atoms with Gasteiger partial charge in [-0.15, -0.1) is 0 Å². The molecular weight excluding hydrogens is 312 g/mol. The van der Waals surface area contributed by atoms with Crippen molar-refractivity contribution in [1.82, 2.24) is 4.90 Å². The molecule has 0 saturated carbocycles. The Balaban J connectivity index is 1.78. The lowest BCUT2D eigenvalue weighted by molar-refractivity contribution is 0.0761. The minimum absolute atomic E-state index is 0.0529. The summed E-state index contributed by atoms with van der Waals surface area (Å²) in [5, 5.41) is 2.93. The topological polar surface area (TPSA) is 49.4 Å². The highest BCUT2D eigenvalue weighted by Gasteiger charge is 2.18. The van der Waals surface area contributed by atoms with Gasteiger partial charge in [0.05, 0.1) is 0 Å². The number of hydrogen-bond acceptors (Lipinski definition) is 2. The van der Waals surface area contributed by atoms with Crippen molar-refractivity contribution in [1.29, 1.82) is 0 Å². The monoisotopic (exact) mass is 336 g/mol. The van der Waals surface area contributed by atoms with E-state index in [9.17, 15) is 9.59 Å². The molecule has 4 heteroatoms. The summed E-state index contributed by atoms with van der Waals surface area (Å²) in [5.74, 6) is -0.111. The first-order valence-electron chi connectivity index (χ1n) is 8.91. The Hall–Kier alpha value is -2.62. The van der Waals surface area contributed by atoms with Crippen LogP contribution in [-0.2, 0) is 0 Å². The molecule has 1 N–H and O–H groups in total. The standard InChI is InChI=1S/C21H24N2O2/c1-16-11-12-18(21(25)23-13-7-2-3-8-14-23)15-19(16)22-20(24)17-9-5-4-6-10-17/h4-6,9-12,15H,2-3,7-8,13-14H2,1H3,(H,22,24). The van der Waals surface area contributed by atoms with Crippen LogP contribution in [0.1, 0.15) is 52.0 Å². The highest BCUT2D eigenvalue weighted by molar-refractivity contribution is 6.05. The van der Waals surface area contributed by atoms with Crippen molar-refractivity contribution in [3.8, 4) is 0 Å². The molecule has 4 nitrogen and oxygen atoms in total. The molecule has 0 radical (unpaired) electrons. The summed E-state index contributed by atoms with van der Waals surface area (Å²) in [6.07, 6.45) is 4.51. The van der Waals surface area contributed by atoms with Gasteiger partial charge in [-0.3, -0.25) is 9.59 Å². The Bertz CT molecular complexity index is 748. The molecule has 3 rings (SSSR count). The molecule has 1 aliphatic heterocycles. The number of carbonyl (C=O) groups excluding carboxylic acids is 2. The molecule has 1 fully saturated rings.